The molecular formula is C48H59N5O6. The van der Waals surface area contributed by atoms with Crippen LogP contribution < -0.4 is 21.3 Å². The molecule has 0 aromatic heterocycles. The summed E-state index contributed by atoms with van der Waals surface area (Å²) < 4.78 is 5.42. The second-order valence-electron chi connectivity index (χ2n) is 16.0. The molecule has 4 aromatic carbocycles. The molecule has 1 saturated heterocycles. The fourth-order valence-corrected chi connectivity index (χ4v) is 8.43. The second-order valence-corrected chi connectivity index (χ2v) is 16.0. The molecule has 4 atom stereocenters. The van der Waals surface area contributed by atoms with Crippen LogP contribution in [0.15, 0.2) is 84.9 Å². The zero-order chi connectivity index (χ0) is 41.2. The number of morpholine rings is 1. The van der Waals surface area contributed by atoms with E-state index in [9.17, 15) is 24.3 Å². The smallest absolute Gasteiger partial charge is 0.243 e. The van der Waals surface area contributed by atoms with Gasteiger partial charge in [0.05, 0.1) is 38.3 Å². The first-order valence-corrected chi connectivity index (χ1v) is 21.3. The molecule has 1 aliphatic carbocycles. The van der Waals surface area contributed by atoms with Crippen molar-refractivity contribution in [1.82, 2.24) is 26.2 Å². The van der Waals surface area contributed by atoms with Gasteiger partial charge in [0.2, 0.25) is 24.1 Å². The average Bonchev–Trinajstić information content (AvgIpc) is 3.26. The van der Waals surface area contributed by atoms with Crippen molar-refractivity contribution in [2.24, 2.45) is 11.8 Å². The van der Waals surface area contributed by atoms with Crippen molar-refractivity contribution in [3.8, 4) is 11.8 Å². The van der Waals surface area contributed by atoms with Gasteiger partial charge in [0, 0.05) is 38.5 Å². The molecule has 4 amide bonds. The monoisotopic (exact) mass is 801 g/mol. The summed E-state index contributed by atoms with van der Waals surface area (Å²) in [5.41, 5.74) is 2.03. The molecule has 0 spiro atoms. The van der Waals surface area contributed by atoms with Crippen LogP contribution in [0.5, 0.6) is 0 Å². The average molecular weight is 802 g/mol. The normalized spacial score (nSPS) is 16.8. The fraction of sp³-hybridized carbons (Fsp3) is 0.458. The Kier molecular flexibility index (Phi) is 16.7. The molecule has 6 rings (SSSR count). The van der Waals surface area contributed by atoms with E-state index in [0.717, 1.165) is 77.9 Å². The van der Waals surface area contributed by atoms with Gasteiger partial charge in [0.25, 0.3) is 0 Å². The fourth-order valence-electron chi connectivity index (χ4n) is 8.43. The van der Waals surface area contributed by atoms with Crippen LogP contribution in [-0.4, -0.2) is 98.3 Å². The van der Waals surface area contributed by atoms with Gasteiger partial charge in [0.1, 0.15) is 6.04 Å². The summed E-state index contributed by atoms with van der Waals surface area (Å²) in [7, 11) is 0. The first-order chi connectivity index (χ1) is 28.9. The molecule has 2 fully saturated rings. The lowest BCUT2D eigenvalue weighted by molar-refractivity contribution is -0.132. The molecule has 1 aliphatic heterocycles. The number of aliphatic hydroxyl groups is 1. The van der Waals surface area contributed by atoms with Crippen molar-refractivity contribution >= 4 is 45.7 Å². The third-order valence-corrected chi connectivity index (χ3v) is 11.7. The van der Waals surface area contributed by atoms with E-state index in [1.54, 1.807) is 0 Å². The first kappa shape index (κ1) is 43.3. The highest BCUT2D eigenvalue weighted by Gasteiger charge is 2.32. The van der Waals surface area contributed by atoms with Crippen molar-refractivity contribution in [3.05, 3.63) is 96.1 Å². The van der Waals surface area contributed by atoms with E-state index in [0.29, 0.717) is 57.9 Å². The van der Waals surface area contributed by atoms with E-state index in [1.165, 1.54) is 0 Å². The molecule has 0 radical (unpaired) electrons. The number of carbonyl (C=O) groups excluding carboxylic acids is 4. The summed E-state index contributed by atoms with van der Waals surface area (Å²) in [6.45, 7) is 4.23. The molecule has 59 heavy (non-hydrogen) atoms. The molecule has 0 bridgehead atoms. The Labute approximate surface area is 348 Å². The molecule has 1 saturated carbocycles. The minimum atomic E-state index is -1.13. The SMILES string of the molecule is O=CNCC#CCC(NC(=O)C(Cc1ccc2ccccc2c1)Cc1cccc2ccccc12)C(=O)NC(CC1CCCCC1)C(O)CC(=O)NCCN1CCOCC1. The van der Waals surface area contributed by atoms with Crippen molar-refractivity contribution in [1.29, 1.82) is 0 Å². The molecule has 312 valence electrons. The Balaban J connectivity index is 1.21. The number of rotatable bonds is 19. The summed E-state index contributed by atoms with van der Waals surface area (Å²) in [5, 5.41) is 27.5. The van der Waals surface area contributed by atoms with Gasteiger partial charge >= 0.3 is 0 Å². The molecule has 11 nitrogen and oxygen atoms in total. The number of ether oxygens (including phenoxy) is 1. The molecule has 2 aliphatic rings. The van der Waals surface area contributed by atoms with Crippen LogP contribution in [0.3, 0.4) is 0 Å². The maximum absolute atomic E-state index is 14.6. The number of fused-ring (bicyclic) bond motifs is 2. The summed E-state index contributed by atoms with van der Waals surface area (Å²) in [5.74, 6) is 4.55. The number of benzene rings is 4. The Bertz CT molecular complexity index is 2060. The summed E-state index contributed by atoms with van der Waals surface area (Å²) in [4.78, 5) is 55.1. The first-order valence-electron chi connectivity index (χ1n) is 21.3. The number of nitrogens with zero attached hydrogens (tertiary/aromatic N) is 1. The molecule has 4 unspecified atom stereocenters. The topological polar surface area (TPSA) is 149 Å². The number of aliphatic hydroxyl groups excluding tert-OH is 1. The van der Waals surface area contributed by atoms with Gasteiger partial charge in [-0.05, 0) is 57.9 Å². The van der Waals surface area contributed by atoms with Crippen LogP contribution >= 0.6 is 0 Å². The van der Waals surface area contributed by atoms with Crippen LogP contribution in [0.1, 0.15) is 62.5 Å². The highest BCUT2D eigenvalue weighted by Crippen LogP contribution is 2.29. The van der Waals surface area contributed by atoms with Crippen LogP contribution in [0.25, 0.3) is 21.5 Å². The largest absolute Gasteiger partial charge is 0.390 e. The number of hydrogen-bond donors (Lipinski definition) is 5. The van der Waals surface area contributed by atoms with Crippen LogP contribution in [0.2, 0.25) is 0 Å². The number of hydrogen-bond acceptors (Lipinski definition) is 7. The van der Waals surface area contributed by atoms with Gasteiger partial charge < -0.3 is 31.1 Å². The van der Waals surface area contributed by atoms with Crippen molar-refractivity contribution in [2.45, 2.75) is 82.4 Å². The molecule has 4 aromatic rings. The van der Waals surface area contributed by atoms with Crippen molar-refractivity contribution < 1.29 is 29.0 Å². The van der Waals surface area contributed by atoms with E-state index in [4.69, 9.17) is 4.74 Å². The highest BCUT2D eigenvalue weighted by atomic mass is 16.5. The predicted octanol–water partition coefficient (Wildman–Crippen LogP) is 4.67. The van der Waals surface area contributed by atoms with Gasteiger partial charge in [-0.25, -0.2) is 0 Å². The van der Waals surface area contributed by atoms with Crippen molar-refractivity contribution in [2.75, 3.05) is 45.9 Å². The van der Waals surface area contributed by atoms with Gasteiger partial charge in [0.15, 0.2) is 0 Å². The second kappa shape index (κ2) is 22.8. The number of amides is 4. The van der Waals surface area contributed by atoms with Gasteiger partial charge in [-0.1, -0.05) is 129 Å². The van der Waals surface area contributed by atoms with E-state index < -0.39 is 30.0 Å². The Morgan fingerprint density at radius 2 is 1.58 bits per heavy atom. The lowest BCUT2D eigenvalue weighted by Crippen LogP contribution is -2.54. The molecule has 5 N–H and O–H groups in total. The van der Waals surface area contributed by atoms with Crippen molar-refractivity contribution in [3.63, 3.8) is 0 Å². The quantitative estimate of drug-likeness (QED) is 0.0526. The van der Waals surface area contributed by atoms with Gasteiger partial charge in [-0.15, -0.1) is 0 Å². The van der Waals surface area contributed by atoms with E-state index in [1.807, 2.05) is 30.3 Å². The minimum Gasteiger partial charge on any atom is -0.390 e. The van der Waals surface area contributed by atoms with Gasteiger partial charge in [-0.2, -0.15) is 0 Å². The van der Waals surface area contributed by atoms with E-state index in [-0.39, 0.29) is 31.2 Å². The van der Waals surface area contributed by atoms with E-state index in [2.05, 4.69) is 92.6 Å². The molecule has 1 heterocycles. The van der Waals surface area contributed by atoms with Crippen LogP contribution in [-0.2, 0) is 36.8 Å². The number of nitrogens with one attached hydrogen (secondary N) is 4. The Morgan fingerprint density at radius 3 is 2.37 bits per heavy atom. The summed E-state index contributed by atoms with van der Waals surface area (Å²) in [6.07, 6.45) is 5.97. The molecule has 11 heteroatoms. The zero-order valence-electron chi connectivity index (χ0n) is 34.0. The predicted molar refractivity (Wildman–Crippen MR) is 231 cm³/mol. The third kappa shape index (κ3) is 13.4. The van der Waals surface area contributed by atoms with Gasteiger partial charge in [-0.3, -0.25) is 24.1 Å². The maximum atomic E-state index is 14.6. The summed E-state index contributed by atoms with van der Waals surface area (Å²) in [6, 6.07) is 26.8. The maximum Gasteiger partial charge on any atom is 0.243 e. The minimum absolute atomic E-state index is 0.0106. The van der Waals surface area contributed by atoms with E-state index >= 15 is 0 Å². The lowest BCUT2D eigenvalue weighted by atomic mass is 9.83. The highest BCUT2D eigenvalue weighted by molar-refractivity contribution is 5.91. The van der Waals surface area contributed by atoms with Crippen LogP contribution in [0, 0.1) is 23.7 Å². The standard InChI is InChI=1S/C48H59N5O6/c54-34-49-22-9-8-19-43(48(58)52-44(31-35-11-2-1-3-12-35)45(55)33-46(56)50-23-24-53-25-27-59-28-26-53)51-47(57)41(30-36-20-21-37-13-4-5-15-39(37)29-36)32-40-17-10-16-38-14-6-7-18-42(38)40/h4-7,10,13-18,20-21,29,34-35,41,43-45,55H,1-3,11-12,19,22-28,30-33H2,(H,49,54)(H,50,56)(H,51,57)(H,52,58). The Hall–Kier alpha value is -5.28. The summed E-state index contributed by atoms with van der Waals surface area (Å²) >= 11 is 0. The van der Waals surface area contributed by atoms with Crippen LogP contribution in [0.4, 0.5) is 0 Å². The lowest BCUT2D eigenvalue weighted by Gasteiger charge is -2.31. The zero-order valence-corrected chi connectivity index (χ0v) is 34.0. The number of carbonyl (C=O) groups is 4. The Morgan fingerprint density at radius 1 is 0.831 bits per heavy atom. The third-order valence-electron chi connectivity index (χ3n) is 11.7. The molecular weight excluding hydrogens is 743 g/mol.